The number of methoxy groups -OCH3 is 1. The van der Waals surface area contributed by atoms with Gasteiger partial charge in [-0.1, -0.05) is 54.2 Å². The number of pyridine rings is 2. The number of ether oxygens (including phenoxy) is 1. The lowest BCUT2D eigenvalue weighted by Gasteiger charge is -2.13. The SMILES string of the molecule is C=C(C)C(=C\C=C/C/C=C(\F)c1cc(OC)c(CNCCO)cn1)/C(/C=C\C=C\N)=C(\C)Cc1ccc(CNCCO)cn1. The van der Waals surface area contributed by atoms with Crippen LogP contribution in [0.15, 0.2) is 108 Å². The molecular weight excluding hydrogens is 557 g/mol. The highest BCUT2D eigenvalue weighted by Gasteiger charge is 2.10. The molecule has 0 aliphatic carbocycles. The number of aliphatic hydroxyl groups excluding tert-OH is 2. The molecule has 0 spiro atoms. The number of halogens is 1. The van der Waals surface area contributed by atoms with Crippen LogP contribution in [0.4, 0.5) is 4.39 Å². The van der Waals surface area contributed by atoms with E-state index in [1.54, 1.807) is 18.3 Å². The Balaban J connectivity index is 2.22. The molecule has 0 aromatic carbocycles. The van der Waals surface area contributed by atoms with Gasteiger partial charge in [0.2, 0.25) is 0 Å². The molecule has 236 valence electrons. The minimum absolute atomic E-state index is 0.0270. The van der Waals surface area contributed by atoms with Gasteiger partial charge >= 0.3 is 0 Å². The van der Waals surface area contributed by atoms with Crippen LogP contribution in [0.2, 0.25) is 0 Å². The molecule has 0 saturated carbocycles. The molecule has 6 N–H and O–H groups in total. The fourth-order valence-electron chi connectivity index (χ4n) is 4.22. The van der Waals surface area contributed by atoms with Gasteiger partial charge in [0, 0.05) is 62.3 Å². The van der Waals surface area contributed by atoms with Gasteiger partial charge in [-0.25, -0.2) is 4.39 Å². The van der Waals surface area contributed by atoms with Crippen molar-refractivity contribution in [2.24, 2.45) is 5.73 Å². The molecule has 2 rings (SSSR count). The summed E-state index contributed by atoms with van der Waals surface area (Å²) in [4.78, 5) is 8.85. The van der Waals surface area contributed by atoms with Crippen molar-refractivity contribution >= 4 is 5.83 Å². The van der Waals surface area contributed by atoms with E-state index >= 15 is 0 Å². The topological polar surface area (TPSA) is 126 Å². The summed E-state index contributed by atoms with van der Waals surface area (Å²) in [5.74, 6) is 0.0875. The highest BCUT2D eigenvalue weighted by molar-refractivity contribution is 5.58. The van der Waals surface area contributed by atoms with Gasteiger partial charge < -0.3 is 31.3 Å². The fourth-order valence-corrected chi connectivity index (χ4v) is 4.22. The zero-order chi connectivity index (χ0) is 32.2. The van der Waals surface area contributed by atoms with Crippen molar-refractivity contribution in [3.8, 4) is 5.75 Å². The van der Waals surface area contributed by atoms with Gasteiger partial charge in [0.05, 0.1) is 20.3 Å². The largest absolute Gasteiger partial charge is 0.496 e. The van der Waals surface area contributed by atoms with E-state index in [0.29, 0.717) is 44.8 Å². The lowest BCUT2D eigenvalue weighted by molar-refractivity contribution is 0.291. The van der Waals surface area contributed by atoms with Crippen LogP contribution in [0.5, 0.6) is 5.75 Å². The van der Waals surface area contributed by atoms with E-state index in [1.807, 2.05) is 55.6 Å². The molecule has 2 aromatic heterocycles. The highest BCUT2D eigenvalue weighted by atomic mass is 19.1. The molecule has 2 heterocycles. The molecular formula is C35H46FN5O3. The van der Waals surface area contributed by atoms with E-state index in [-0.39, 0.29) is 18.9 Å². The van der Waals surface area contributed by atoms with E-state index in [0.717, 1.165) is 39.1 Å². The molecule has 44 heavy (non-hydrogen) atoms. The Hall–Kier alpha value is -4.15. The summed E-state index contributed by atoms with van der Waals surface area (Å²) in [6, 6.07) is 5.62. The first-order chi connectivity index (χ1) is 21.3. The van der Waals surface area contributed by atoms with E-state index < -0.39 is 5.83 Å². The standard InChI is InChI=1S/C35H46FN5O3/c1-26(2)31(10-6-5-7-12-33(36)34-21-35(44-4)29(25-41-34)24-39-17-19-43)32(11-8-9-15-37)27(3)20-30-14-13-28(23-40-30)22-38-16-18-42/h5-6,8-15,21,23,25,38-39,42-43H,1,7,16-20,22,24,37H2,2-4H3/b6-5-,11-8-,15-9+,31-10+,32-27+,33-12-. The minimum atomic E-state index is -0.442. The number of aliphatic hydroxyl groups is 2. The average molecular weight is 604 g/mol. The average Bonchev–Trinajstić information content (AvgIpc) is 3.02. The molecule has 0 saturated heterocycles. The van der Waals surface area contributed by atoms with Crippen molar-refractivity contribution in [1.29, 1.82) is 0 Å². The number of hydrogen-bond donors (Lipinski definition) is 5. The number of nitrogens with one attached hydrogen (secondary N) is 2. The Morgan fingerprint density at radius 1 is 1.05 bits per heavy atom. The number of nitrogens with zero attached hydrogens (tertiary/aromatic N) is 2. The van der Waals surface area contributed by atoms with Gasteiger partial charge in [0.15, 0.2) is 0 Å². The van der Waals surface area contributed by atoms with Gasteiger partial charge in [-0.3, -0.25) is 9.97 Å². The third-order valence-corrected chi connectivity index (χ3v) is 6.49. The molecule has 0 radical (unpaired) electrons. The Labute approximate surface area is 261 Å². The van der Waals surface area contributed by atoms with Gasteiger partial charge in [0.25, 0.3) is 0 Å². The zero-order valence-corrected chi connectivity index (χ0v) is 26.0. The molecule has 0 bridgehead atoms. The summed E-state index contributed by atoms with van der Waals surface area (Å²) in [6.07, 6.45) is 18.8. The van der Waals surface area contributed by atoms with E-state index in [4.69, 9.17) is 20.7 Å². The lowest BCUT2D eigenvalue weighted by Crippen LogP contribution is -2.18. The van der Waals surface area contributed by atoms with Crippen LogP contribution in [0, 0.1) is 0 Å². The summed E-state index contributed by atoms with van der Waals surface area (Å²) in [5.41, 5.74) is 12.5. The summed E-state index contributed by atoms with van der Waals surface area (Å²) in [7, 11) is 1.53. The summed E-state index contributed by atoms with van der Waals surface area (Å²) in [5, 5.41) is 24.1. The third-order valence-electron chi connectivity index (χ3n) is 6.49. The Kier molecular flexibility index (Phi) is 17.0. The van der Waals surface area contributed by atoms with Crippen LogP contribution < -0.4 is 21.1 Å². The third kappa shape index (κ3) is 12.6. The molecule has 0 aliphatic heterocycles. The Morgan fingerprint density at radius 2 is 1.80 bits per heavy atom. The van der Waals surface area contributed by atoms with Crippen molar-refractivity contribution in [1.82, 2.24) is 20.6 Å². The van der Waals surface area contributed by atoms with Crippen molar-refractivity contribution in [3.63, 3.8) is 0 Å². The molecule has 2 aromatic rings. The van der Waals surface area contributed by atoms with Crippen molar-refractivity contribution in [2.75, 3.05) is 33.4 Å². The maximum Gasteiger partial charge on any atom is 0.145 e. The highest BCUT2D eigenvalue weighted by Crippen LogP contribution is 2.26. The predicted octanol–water partition coefficient (Wildman–Crippen LogP) is 5.00. The Morgan fingerprint density at radius 3 is 2.43 bits per heavy atom. The minimum Gasteiger partial charge on any atom is -0.496 e. The smallest absolute Gasteiger partial charge is 0.145 e. The van der Waals surface area contributed by atoms with Crippen molar-refractivity contribution in [3.05, 3.63) is 131 Å². The summed E-state index contributed by atoms with van der Waals surface area (Å²) in [6.45, 7) is 10.4. The number of allylic oxidation sites excluding steroid dienone is 11. The number of aromatic nitrogens is 2. The Bertz CT molecular complexity index is 1380. The van der Waals surface area contributed by atoms with Gasteiger partial charge in [-0.15, -0.1) is 0 Å². The molecule has 0 fully saturated rings. The first kappa shape index (κ1) is 36.0. The van der Waals surface area contributed by atoms with Gasteiger partial charge in [0.1, 0.15) is 17.3 Å². The quantitative estimate of drug-likeness (QED) is 0.112. The molecule has 0 aliphatic rings. The van der Waals surface area contributed by atoms with Crippen LogP contribution >= 0.6 is 0 Å². The van der Waals surface area contributed by atoms with Crippen LogP contribution in [-0.4, -0.2) is 53.6 Å². The second-order valence-corrected chi connectivity index (χ2v) is 10.0. The first-order valence-electron chi connectivity index (χ1n) is 14.6. The number of nitrogens with two attached hydrogens (primary N) is 1. The number of rotatable bonds is 19. The van der Waals surface area contributed by atoms with E-state index in [1.165, 1.54) is 19.4 Å². The zero-order valence-electron chi connectivity index (χ0n) is 26.0. The molecule has 9 heteroatoms. The van der Waals surface area contributed by atoms with Gasteiger partial charge in [-0.2, -0.15) is 0 Å². The fraction of sp³-hybridized carbons (Fsp3) is 0.314. The normalized spacial score (nSPS) is 13.3. The summed E-state index contributed by atoms with van der Waals surface area (Å²) < 4.78 is 20.3. The molecule has 0 amide bonds. The van der Waals surface area contributed by atoms with Crippen molar-refractivity contribution < 1.29 is 19.3 Å². The second kappa shape index (κ2) is 20.7. The van der Waals surface area contributed by atoms with Crippen LogP contribution in [-0.2, 0) is 19.5 Å². The first-order valence-corrected chi connectivity index (χ1v) is 14.6. The van der Waals surface area contributed by atoms with Crippen LogP contribution in [0.3, 0.4) is 0 Å². The number of hydrogen-bond acceptors (Lipinski definition) is 8. The molecule has 0 unspecified atom stereocenters. The maximum atomic E-state index is 14.9. The van der Waals surface area contributed by atoms with E-state index in [2.05, 4.69) is 34.1 Å². The molecule has 8 nitrogen and oxygen atoms in total. The lowest BCUT2D eigenvalue weighted by atomic mass is 9.92. The van der Waals surface area contributed by atoms with Gasteiger partial charge in [-0.05, 0) is 61.4 Å². The second-order valence-electron chi connectivity index (χ2n) is 10.0. The molecule has 0 atom stereocenters. The maximum absolute atomic E-state index is 14.9. The van der Waals surface area contributed by atoms with Crippen LogP contribution in [0.25, 0.3) is 5.83 Å². The predicted molar refractivity (Wildman–Crippen MR) is 177 cm³/mol. The summed E-state index contributed by atoms with van der Waals surface area (Å²) >= 11 is 0. The van der Waals surface area contributed by atoms with E-state index in [9.17, 15) is 4.39 Å². The van der Waals surface area contributed by atoms with Crippen LogP contribution in [0.1, 0.15) is 42.8 Å². The monoisotopic (exact) mass is 603 g/mol. The van der Waals surface area contributed by atoms with Crippen molar-refractivity contribution in [2.45, 2.75) is 39.8 Å².